The van der Waals surface area contributed by atoms with Crippen molar-refractivity contribution in [2.24, 2.45) is 0 Å². The highest BCUT2D eigenvalue weighted by Gasteiger charge is 2.28. The first-order valence-corrected chi connectivity index (χ1v) is 4.93. The van der Waals surface area contributed by atoms with E-state index in [4.69, 9.17) is 4.74 Å². The van der Waals surface area contributed by atoms with Crippen molar-refractivity contribution in [3.8, 4) is 0 Å². The molecule has 6 heteroatoms. The van der Waals surface area contributed by atoms with Gasteiger partial charge in [0.15, 0.2) is 0 Å². The average Bonchev–Trinajstić information content (AvgIpc) is 2.07. The molecule has 0 heterocycles. The van der Waals surface area contributed by atoms with E-state index in [-0.39, 0.29) is 6.61 Å². The molecule has 0 aromatic heterocycles. The fraction of sp³-hybridized carbons (Fsp3) is 1.00. The Kier molecular flexibility index (Phi) is 7.72. The highest BCUT2D eigenvalue weighted by molar-refractivity contribution is 4.51. The predicted molar refractivity (Wildman–Crippen MR) is 50.6 cm³/mol. The first-order chi connectivity index (χ1) is 6.92. The molecule has 15 heavy (non-hydrogen) atoms. The van der Waals surface area contributed by atoms with Crippen LogP contribution in [0.15, 0.2) is 0 Å². The van der Waals surface area contributed by atoms with Crippen LogP contribution in [-0.4, -0.2) is 38.8 Å². The van der Waals surface area contributed by atoms with Crippen LogP contribution < -0.4 is 5.32 Å². The number of ether oxygens (including phenoxy) is 2. The fourth-order valence-corrected chi connectivity index (χ4v) is 0.883. The zero-order valence-electron chi connectivity index (χ0n) is 9.06. The van der Waals surface area contributed by atoms with E-state index in [0.717, 1.165) is 13.0 Å². The van der Waals surface area contributed by atoms with Gasteiger partial charge in [0.05, 0.1) is 13.2 Å². The minimum absolute atomic E-state index is 0.0266. The average molecular weight is 229 g/mol. The van der Waals surface area contributed by atoms with Gasteiger partial charge in [0, 0.05) is 12.6 Å². The van der Waals surface area contributed by atoms with Gasteiger partial charge in [0.1, 0.15) is 0 Å². The zero-order valence-corrected chi connectivity index (χ0v) is 9.06. The Labute approximate surface area is 87.9 Å². The molecule has 0 saturated heterocycles. The van der Waals surface area contributed by atoms with Gasteiger partial charge in [-0.25, -0.2) is 0 Å². The van der Waals surface area contributed by atoms with Gasteiger partial charge in [-0.3, -0.25) is 4.74 Å². The summed E-state index contributed by atoms with van der Waals surface area (Å²) in [7, 11) is 0. The third-order valence-corrected chi connectivity index (χ3v) is 1.51. The summed E-state index contributed by atoms with van der Waals surface area (Å²) >= 11 is 0. The lowest BCUT2D eigenvalue weighted by atomic mass is 10.3. The standard InChI is InChI=1S/C9H18F3NO2/c1-8(2)13-4-3-5-14-6-7-15-9(10,11)12/h8,13H,3-7H2,1-2H3. The molecule has 0 aromatic carbocycles. The predicted octanol–water partition coefficient (Wildman–Crippen LogP) is 1.93. The van der Waals surface area contributed by atoms with E-state index < -0.39 is 13.0 Å². The number of alkyl halides is 3. The van der Waals surface area contributed by atoms with Crippen molar-refractivity contribution in [3.63, 3.8) is 0 Å². The number of hydrogen-bond donors (Lipinski definition) is 1. The summed E-state index contributed by atoms with van der Waals surface area (Å²) in [6.07, 6.45) is -3.77. The van der Waals surface area contributed by atoms with Crippen LogP contribution in [0, 0.1) is 0 Å². The normalized spacial score (nSPS) is 12.4. The van der Waals surface area contributed by atoms with Crippen LogP contribution >= 0.6 is 0 Å². The molecule has 0 fully saturated rings. The summed E-state index contributed by atoms with van der Waals surface area (Å²) in [6.45, 7) is 4.83. The van der Waals surface area contributed by atoms with Crippen molar-refractivity contribution in [2.75, 3.05) is 26.4 Å². The van der Waals surface area contributed by atoms with Crippen LogP contribution in [-0.2, 0) is 9.47 Å². The highest BCUT2D eigenvalue weighted by Crippen LogP contribution is 2.15. The van der Waals surface area contributed by atoms with Crippen molar-refractivity contribution >= 4 is 0 Å². The fourth-order valence-electron chi connectivity index (χ4n) is 0.883. The summed E-state index contributed by atoms with van der Waals surface area (Å²) in [6, 6.07) is 0.415. The smallest absolute Gasteiger partial charge is 0.379 e. The third kappa shape index (κ3) is 13.7. The van der Waals surface area contributed by atoms with Crippen molar-refractivity contribution in [3.05, 3.63) is 0 Å². The van der Waals surface area contributed by atoms with E-state index in [1.54, 1.807) is 0 Å². The maximum atomic E-state index is 11.5. The molecule has 1 N–H and O–H groups in total. The highest BCUT2D eigenvalue weighted by atomic mass is 19.4. The summed E-state index contributed by atoms with van der Waals surface area (Å²) in [5.74, 6) is 0. The lowest BCUT2D eigenvalue weighted by Gasteiger charge is -2.09. The molecule has 0 saturated carbocycles. The summed E-state index contributed by atoms with van der Waals surface area (Å²) < 4.78 is 42.9. The van der Waals surface area contributed by atoms with E-state index in [9.17, 15) is 13.2 Å². The van der Waals surface area contributed by atoms with Crippen LogP contribution in [0.4, 0.5) is 13.2 Å². The molecule has 3 nitrogen and oxygen atoms in total. The van der Waals surface area contributed by atoms with Gasteiger partial charge in [-0.2, -0.15) is 0 Å². The Bertz CT molecular complexity index is 151. The van der Waals surface area contributed by atoms with E-state index in [2.05, 4.69) is 10.1 Å². The van der Waals surface area contributed by atoms with Gasteiger partial charge in [-0.15, -0.1) is 13.2 Å². The Morgan fingerprint density at radius 3 is 2.33 bits per heavy atom. The van der Waals surface area contributed by atoms with Crippen LogP contribution in [0.5, 0.6) is 0 Å². The van der Waals surface area contributed by atoms with Gasteiger partial charge >= 0.3 is 6.36 Å². The van der Waals surface area contributed by atoms with E-state index >= 15 is 0 Å². The van der Waals surface area contributed by atoms with Crippen LogP contribution in [0.25, 0.3) is 0 Å². The van der Waals surface area contributed by atoms with E-state index in [0.29, 0.717) is 12.6 Å². The Hall–Kier alpha value is -0.330. The molecule has 0 unspecified atom stereocenters. The lowest BCUT2D eigenvalue weighted by molar-refractivity contribution is -0.327. The SMILES string of the molecule is CC(C)NCCCOCCOC(F)(F)F. The molecule has 0 bridgehead atoms. The van der Waals surface area contributed by atoms with Crippen LogP contribution in [0.2, 0.25) is 0 Å². The first kappa shape index (κ1) is 14.7. The minimum atomic E-state index is -4.55. The zero-order chi connectivity index (χ0) is 11.7. The second-order valence-corrected chi connectivity index (χ2v) is 3.37. The third-order valence-electron chi connectivity index (χ3n) is 1.51. The van der Waals surface area contributed by atoms with Crippen molar-refractivity contribution < 1.29 is 22.6 Å². The number of nitrogens with one attached hydrogen (secondary N) is 1. The van der Waals surface area contributed by atoms with Gasteiger partial charge < -0.3 is 10.1 Å². The molecule has 0 aromatic rings. The van der Waals surface area contributed by atoms with Gasteiger partial charge in [0.25, 0.3) is 0 Å². The molecule has 0 aliphatic rings. The largest absolute Gasteiger partial charge is 0.522 e. The van der Waals surface area contributed by atoms with Crippen LogP contribution in [0.1, 0.15) is 20.3 Å². The van der Waals surface area contributed by atoms with Crippen molar-refractivity contribution in [1.82, 2.24) is 5.32 Å². The van der Waals surface area contributed by atoms with Crippen LogP contribution in [0.3, 0.4) is 0 Å². The maximum absolute atomic E-state index is 11.5. The van der Waals surface area contributed by atoms with Gasteiger partial charge in [0.2, 0.25) is 0 Å². The quantitative estimate of drug-likeness (QED) is 0.645. The Morgan fingerprint density at radius 1 is 1.13 bits per heavy atom. The molecule has 0 spiro atoms. The lowest BCUT2D eigenvalue weighted by Crippen LogP contribution is -2.24. The van der Waals surface area contributed by atoms with Crippen molar-refractivity contribution in [1.29, 1.82) is 0 Å². The second-order valence-electron chi connectivity index (χ2n) is 3.37. The topological polar surface area (TPSA) is 30.5 Å². The van der Waals surface area contributed by atoms with Gasteiger partial charge in [-0.05, 0) is 13.0 Å². The molecular weight excluding hydrogens is 211 g/mol. The number of rotatable bonds is 8. The molecule has 0 amide bonds. The summed E-state index contributed by atoms with van der Waals surface area (Å²) in [4.78, 5) is 0. The molecule has 0 aliphatic heterocycles. The first-order valence-electron chi connectivity index (χ1n) is 4.93. The molecule has 0 radical (unpaired) electrons. The molecule has 0 atom stereocenters. The number of halogens is 3. The van der Waals surface area contributed by atoms with Crippen molar-refractivity contribution in [2.45, 2.75) is 32.7 Å². The second kappa shape index (κ2) is 7.90. The molecule has 0 rings (SSSR count). The molecule has 0 aliphatic carbocycles. The van der Waals surface area contributed by atoms with E-state index in [1.807, 2.05) is 13.8 Å². The maximum Gasteiger partial charge on any atom is 0.522 e. The van der Waals surface area contributed by atoms with Gasteiger partial charge in [-0.1, -0.05) is 13.8 Å². The number of hydrogen-bond acceptors (Lipinski definition) is 3. The van der Waals surface area contributed by atoms with E-state index in [1.165, 1.54) is 0 Å². The molecule has 92 valence electrons. The summed E-state index contributed by atoms with van der Waals surface area (Å²) in [5.41, 5.74) is 0. The minimum Gasteiger partial charge on any atom is -0.379 e. The Balaban J connectivity index is 3.06. The summed E-state index contributed by atoms with van der Waals surface area (Å²) in [5, 5.41) is 3.17. The monoisotopic (exact) mass is 229 g/mol. The Morgan fingerprint density at radius 2 is 1.80 bits per heavy atom. The molecular formula is C9H18F3NO2.